The normalized spacial score (nSPS) is 30.8. The van der Waals surface area contributed by atoms with Crippen molar-refractivity contribution in [2.24, 2.45) is 11.8 Å². The molecule has 2 atom stereocenters. The lowest BCUT2D eigenvalue weighted by atomic mass is 9.87. The van der Waals surface area contributed by atoms with E-state index in [-0.39, 0.29) is 0 Å². The van der Waals surface area contributed by atoms with Gasteiger partial charge in [-0.15, -0.1) is 0 Å². The molecule has 0 bridgehead atoms. The van der Waals surface area contributed by atoms with Gasteiger partial charge < -0.3 is 5.32 Å². The Kier molecular flexibility index (Phi) is 4.32. The van der Waals surface area contributed by atoms with Gasteiger partial charge in [-0.25, -0.2) is 0 Å². The summed E-state index contributed by atoms with van der Waals surface area (Å²) in [5, 5.41) is 3.82. The first kappa shape index (κ1) is 15.0. The lowest BCUT2D eigenvalue weighted by Gasteiger charge is -2.49. The van der Waals surface area contributed by atoms with Gasteiger partial charge in [0.1, 0.15) is 0 Å². The van der Waals surface area contributed by atoms with E-state index >= 15 is 0 Å². The van der Waals surface area contributed by atoms with E-state index in [2.05, 4.69) is 48.1 Å². The Morgan fingerprint density at radius 3 is 2.86 bits per heavy atom. The monoisotopic (exact) mass is 287 g/mol. The summed E-state index contributed by atoms with van der Waals surface area (Å²) in [6, 6.07) is 4.89. The highest BCUT2D eigenvalue weighted by Gasteiger charge is 2.48. The smallest absolute Gasteiger partial charge is 0.0338 e. The van der Waals surface area contributed by atoms with Crippen LogP contribution in [0, 0.1) is 11.8 Å². The molecule has 116 valence electrons. The van der Waals surface area contributed by atoms with Gasteiger partial charge in [-0.1, -0.05) is 19.9 Å². The molecule has 2 aliphatic rings. The van der Waals surface area contributed by atoms with Crippen molar-refractivity contribution in [2.45, 2.75) is 58.2 Å². The third kappa shape index (κ3) is 3.46. The van der Waals surface area contributed by atoms with E-state index in [0.717, 1.165) is 24.9 Å². The van der Waals surface area contributed by atoms with Crippen molar-refractivity contribution in [1.82, 2.24) is 15.2 Å². The number of nitrogens with zero attached hydrogens (tertiary/aromatic N) is 2. The molecule has 1 aromatic rings. The largest absolute Gasteiger partial charge is 0.311 e. The van der Waals surface area contributed by atoms with E-state index in [9.17, 15) is 0 Å². The van der Waals surface area contributed by atoms with E-state index in [4.69, 9.17) is 0 Å². The fraction of sp³-hybridized carbons (Fsp3) is 0.722. The molecule has 2 unspecified atom stereocenters. The second-order valence-corrected chi connectivity index (χ2v) is 7.58. The molecule has 3 rings (SSSR count). The minimum Gasteiger partial charge on any atom is -0.311 e. The minimum absolute atomic E-state index is 0.323. The van der Waals surface area contributed by atoms with Crippen LogP contribution in [0.15, 0.2) is 24.5 Å². The number of aromatic nitrogens is 1. The first-order chi connectivity index (χ1) is 10.1. The molecule has 1 saturated heterocycles. The summed E-state index contributed by atoms with van der Waals surface area (Å²) in [5.74, 6) is 1.63. The van der Waals surface area contributed by atoms with Crippen LogP contribution in [0.1, 0.15) is 45.6 Å². The van der Waals surface area contributed by atoms with Crippen molar-refractivity contribution < 1.29 is 0 Å². The van der Waals surface area contributed by atoms with Crippen LogP contribution < -0.4 is 5.32 Å². The molecule has 0 aromatic carbocycles. The molecule has 3 heteroatoms. The van der Waals surface area contributed by atoms with Crippen molar-refractivity contribution in [2.75, 3.05) is 13.1 Å². The maximum absolute atomic E-state index is 4.28. The number of hydrogen-bond acceptors (Lipinski definition) is 3. The van der Waals surface area contributed by atoms with Gasteiger partial charge >= 0.3 is 0 Å². The third-order valence-corrected chi connectivity index (χ3v) is 5.22. The highest BCUT2D eigenvalue weighted by Crippen LogP contribution is 2.44. The van der Waals surface area contributed by atoms with Crippen LogP contribution in [0.25, 0.3) is 0 Å². The van der Waals surface area contributed by atoms with Gasteiger partial charge in [0, 0.05) is 43.6 Å². The third-order valence-electron chi connectivity index (χ3n) is 5.22. The summed E-state index contributed by atoms with van der Waals surface area (Å²) in [4.78, 5) is 7.01. The zero-order valence-corrected chi connectivity index (χ0v) is 13.7. The molecule has 1 aromatic heterocycles. The maximum atomic E-state index is 4.28. The Hall–Kier alpha value is -0.930. The van der Waals surface area contributed by atoms with Crippen LogP contribution in [0.2, 0.25) is 0 Å². The average Bonchev–Trinajstić information content (AvgIpc) is 3.28. The van der Waals surface area contributed by atoms with Crippen molar-refractivity contribution in [3.05, 3.63) is 30.1 Å². The maximum Gasteiger partial charge on any atom is 0.0338 e. The van der Waals surface area contributed by atoms with Gasteiger partial charge in [0.2, 0.25) is 0 Å². The van der Waals surface area contributed by atoms with Gasteiger partial charge in [0.25, 0.3) is 0 Å². The van der Waals surface area contributed by atoms with Crippen molar-refractivity contribution in [3.63, 3.8) is 0 Å². The summed E-state index contributed by atoms with van der Waals surface area (Å²) in [6.07, 6.45) is 7.95. The predicted molar refractivity (Wildman–Crippen MR) is 87.0 cm³/mol. The zero-order valence-electron chi connectivity index (χ0n) is 13.7. The molecule has 2 fully saturated rings. The Balaban J connectivity index is 1.73. The number of hydrogen-bond donors (Lipinski definition) is 1. The van der Waals surface area contributed by atoms with Crippen LogP contribution >= 0.6 is 0 Å². The van der Waals surface area contributed by atoms with Crippen molar-refractivity contribution in [3.8, 4) is 0 Å². The molecule has 0 spiro atoms. The summed E-state index contributed by atoms with van der Waals surface area (Å²) in [6.45, 7) is 10.4. The van der Waals surface area contributed by atoms with Crippen LogP contribution in [-0.2, 0) is 6.54 Å². The van der Waals surface area contributed by atoms with Gasteiger partial charge in [-0.2, -0.15) is 0 Å². The fourth-order valence-electron chi connectivity index (χ4n) is 3.79. The molecule has 1 aliphatic heterocycles. The number of nitrogens with one attached hydrogen (secondary N) is 1. The second kappa shape index (κ2) is 6.05. The molecule has 1 aliphatic carbocycles. The highest BCUT2D eigenvalue weighted by molar-refractivity contribution is 5.12. The lowest BCUT2D eigenvalue weighted by Crippen LogP contribution is -2.64. The van der Waals surface area contributed by atoms with Crippen LogP contribution in [0.3, 0.4) is 0 Å². The molecule has 1 saturated carbocycles. The SMILES string of the molecule is CC(C)CC1CN(Cc2cccnc2)C(C)(C2CC2)CN1. The summed E-state index contributed by atoms with van der Waals surface area (Å²) in [7, 11) is 0. The standard InChI is InChI=1S/C18H29N3/c1-14(2)9-17-12-21(11-15-5-4-8-19-10-15)18(3,13-20-17)16-6-7-16/h4-5,8,10,14,16-17,20H,6-7,9,11-13H2,1-3H3. The molecular formula is C18H29N3. The van der Waals surface area contributed by atoms with E-state index in [1.165, 1.54) is 31.4 Å². The number of pyridine rings is 1. The second-order valence-electron chi connectivity index (χ2n) is 7.58. The summed E-state index contributed by atoms with van der Waals surface area (Å²) in [5.41, 5.74) is 1.66. The highest BCUT2D eigenvalue weighted by atomic mass is 15.3. The zero-order chi connectivity index (χ0) is 14.9. The number of rotatable bonds is 5. The van der Waals surface area contributed by atoms with E-state index in [1.807, 2.05) is 12.4 Å². The first-order valence-electron chi connectivity index (χ1n) is 8.45. The Labute approximate surface area is 129 Å². The van der Waals surface area contributed by atoms with Crippen molar-refractivity contribution in [1.29, 1.82) is 0 Å². The quantitative estimate of drug-likeness (QED) is 0.902. The molecule has 3 nitrogen and oxygen atoms in total. The van der Waals surface area contributed by atoms with Gasteiger partial charge in [-0.05, 0) is 49.7 Å². The lowest BCUT2D eigenvalue weighted by molar-refractivity contribution is 0.0237. The molecular weight excluding hydrogens is 258 g/mol. The van der Waals surface area contributed by atoms with E-state index in [0.29, 0.717) is 11.6 Å². The number of piperazine rings is 1. The summed E-state index contributed by atoms with van der Waals surface area (Å²) >= 11 is 0. The van der Waals surface area contributed by atoms with Gasteiger partial charge in [0.05, 0.1) is 0 Å². The van der Waals surface area contributed by atoms with Crippen LogP contribution in [0.5, 0.6) is 0 Å². The Morgan fingerprint density at radius 2 is 2.24 bits per heavy atom. The van der Waals surface area contributed by atoms with Gasteiger partial charge in [0.15, 0.2) is 0 Å². The van der Waals surface area contributed by atoms with Gasteiger partial charge in [-0.3, -0.25) is 9.88 Å². The molecule has 1 N–H and O–H groups in total. The van der Waals surface area contributed by atoms with E-state index < -0.39 is 0 Å². The Morgan fingerprint density at radius 1 is 1.43 bits per heavy atom. The average molecular weight is 287 g/mol. The topological polar surface area (TPSA) is 28.2 Å². The fourth-order valence-corrected chi connectivity index (χ4v) is 3.79. The van der Waals surface area contributed by atoms with Crippen molar-refractivity contribution >= 4 is 0 Å². The minimum atomic E-state index is 0.323. The first-order valence-corrected chi connectivity index (χ1v) is 8.45. The molecule has 2 heterocycles. The van der Waals surface area contributed by atoms with Crippen LogP contribution in [0.4, 0.5) is 0 Å². The Bertz CT molecular complexity index is 455. The van der Waals surface area contributed by atoms with Crippen LogP contribution in [-0.4, -0.2) is 34.6 Å². The molecule has 21 heavy (non-hydrogen) atoms. The molecule has 0 amide bonds. The van der Waals surface area contributed by atoms with E-state index in [1.54, 1.807) is 0 Å². The molecule has 0 radical (unpaired) electrons. The predicted octanol–water partition coefficient (Wildman–Crippen LogP) is 3.07. The summed E-state index contributed by atoms with van der Waals surface area (Å²) < 4.78 is 0.